The molecule has 0 aliphatic heterocycles. The van der Waals surface area contributed by atoms with Gasteiger partial charge in [-0.25, -0.2) is 0 Å². The molecule has 2 heteroatoms. The van der Waals surface area contributed by atoms with Crippen LogP contribution >= 0.6 is 0 Å². The van der Waals surface area contributed by atoms with Crippen LogP contribution in [0.25, 0.3) is 0 Å². The van der Waals surface area contributed by atoms with Gasteiger partial charge in [-0.1, -0.05) is 24.6 Å². The monoisotopic (exact) mass is 232 g/mol. The van der Waals surface area contributed by atoms with Crippen LogP contribution in [0.2, 0.25) is 0 Å². The molecule has 1 aromatic rings. The van der Waals surface area contributed by atoms with Crippen LogP contribution < -0.4 is 10.6 Å². The first kappa shape index (κ1) is 12.4. The first-order valence-corrected chi connectivity index (χ1v) is 6.80. The molecule has 1 aromatic carbocycles. The first-order valence-electron chi connectivity index (χ1n) is 6.80. The standard InChI is InChI=1S/C15H24N2/c1-3-17(14-9-5-4-7-12(14)2)15-10-6-8-13(15)11-16/h4-5,7,9,13,15H,3,6,8,10-11,16H2,1-2H3. The Bertz CT molecular complexity index is 362. The normalized spacial score (nSPS) is 23.9. The van der Waals surface area contributed by atoms with Crippen molar-refractivity contribution in [1.82, 2.24) is 0 Å². The summed E-state index contributed by atoms with van der Waals surface area (Å²) < 4.78 is 0. The van der Waals surface area contributed by atoms with E-state index >= 15 is 0 Å². The highest BCUT2D eigenvalue weighted by Gasteiger charge is 2.30. The van der Waals surface area contributed by atoms with Gasteiger partial charge in [0.15, 0.2) is 0 Å². The minimum absolute atomic E-state index is 0.645. The zero-order valence-electron chi connectivity index (χ0n) is 11.0. The van der Waals surface area contributed by atoms with Crippen LogP contribution in [0.4, 0.5) is 5.69 Å². The van der Waals surface area contributed by atoms with Crippen LogP contribution in [-0.2, 0) is 0 Å². The van der Waals surface area contributed by atoms with E-state index in [-0.39, 0.29) is 0 Å². The van der Waals surface area contributed by atoms with Gasteiger partial charge < -0.3 is 10.6 Å². The fourth-order valence-electron chi connectivity index (χ4n) is 3.17. The van der Waals surface area contributed by atoms with Gasteiger partial charge in [0, 0.05) is 18.3 Å². The lowest BCUT2D eigenvalue weighted by atomic mass is 10.0. The molecule has 2 unspecified atom stereocenters. The summed E-state index contributed by atoms with van der Waals surface area (Å²) in [5.41, 5.74) is 8.67. The smallest absolute Gasteiger partial charge is 0.0398 e. The zero-order valence-corrected chi connectivity index (χ0v) is 11.0. The molecule has 0 amide bonds. The highest BCUT2D eigenvalue weighted by atomic mass is 15.2. The molecule has 0 aromatic heterocycles. The molecule has 2 rings (SSSR count). The van der Waals surface area contributed by atoms with E-state index in [9.17, 15) is 0 Å². The third-order valence-corrected chi connectivity index (χ3v) is 4.09. The molecular formula is C15H24N2. The molecule has 0 saturated heterocycles. The minimum Gasteiger partial charge on any atom is -0.368 e. The summed E-state index contributed by atoms with van der Waals surface area (Å²) in [4.78, 5) is 2.56. The molecule has 1 saturated carbocycles. The lowest BCUT2D eigenvalue weighted by Gasteiger charge is -2.35. The summed E-state index contributed by atoms with van der Waals surface area (Å²) in [5.74, 6) is 0.676. The van der Waals surface area contributed by atoms with Crippen LogP contribution in [-0.4, -0.2) is 19.1 Å². The summed E-state index contributed by atoms with van der Waals surface area (Å²) in [7, 11) is 0. The van der Waals surface area contributed by atoms with Crippen molar-refractivity contribution < 1.29 is 0 Å². The molecular weight excluding hydrogens is 208 g/mol. The summed E-state index contributed by atoms with van der Waals surface area (Å²) in [6.45, 7) is 6.35. The Kier molecular flexibility index (Phi) is 4.06. The second kappa shape index (κ2) is 5.54. The average molecular weight is 232 g/mol. The number of hydrogen-bond acceptors (Lipinski definition) is 2. The number of aryl methyl sites for hydroxylation is 1. The third kappa shape index (κ3) is 2.47. The predicted octanol–water partition coefficient (Wildman–Crippen LogP) is 2.95. The molecule has 1 fully saturated rings. The van der Waals surface area contributed by atoms with Gasteiger partial charge in [-0.05, 0) is 50.8 Å². The van der Waals surface area contributed by atoms with E-state index in [4.69, 9.17) is 5.73 Å². The van der Waals surface area contributed by atoms with Crippen molar-refractivity contribution in [2.24, 2.45) is 11.7 Å². The second-order valence-corrected chi connectivity index (χ2v) is 5.07. The van der Waals surface area contributed by atoms with Gasteiger partial charge in [0.25, 0.3) is 0 Å². The molecule has 1 aliphatic carbocycles. The fraction of sp³-hybridized carbons (Fsp3) is 0.600. The molecule has 1 aliphatic rings. The highest BCUT2D eigenvalue weighted by Crippen LogP contribution is 2.33. The maximum absolute atomic E-state index is 5.91. The Hall–Kier alpha value is -1.02. The Morgan fingerprint density at radius 2 is 2.06 bits per heavy atom. The van der Waals surface area contributed by atoms with Gasteiger partial charge in [-0.2, -0.15) is 0 Å². The van der Waals surface area contributed by atoms with E-state index in [1.807, 2.05) is 0 Å². The van der Waals surface area contributed by atoms with Crippen molar-refractivity contribution in [3.63, 3.8) is 0 Å². The molecule has 17 heavy (non-hydrogen) atoms. The molecule has 0 bridgehead atoms. The molecule has 2 atom stereocenters. The largest absolute Gasteiger partial charge is 0.368 e. The summed E-state index contributed by atoms with van der Waals surface area (Å²) in [6.07, 6.45) is 3.92. The topological polar surface area (TPSA) is 29.3 Å². The van der Waals surface area contributed by atoms with Crippen LogP contribution in [0.3, 0.4) is 0 Å². The SMILES string of the molecule is CCN(c1ccccc1C)C1CCCC1CN. The highest BCUT2D eigenvalue weighted by molar-refractivity contribution is 5.54. The lowest BCUT2D eigenvalue weighted by molar-refractivity contribution is 0.461. The van der Waals surface area contributed by atoms with Crippen molar-refractivity contribution in [3.8, 4) is 0 Å². The number of nitrogens with zero attached hydrogens (tertiary/aromatic N) is 1. The van der Waals surface area contributed by atoms with Crippen molar-refractivity contribution >= 4 is 5.69 Å². The van der Waals surface area contributed by atoms with E-state index < -0.39 is 0 Å². The number of rotatable bonds is 4. The van der Waals surface area contributed by atoms with Gasteiger partial charge in [0.05, 0.1) is 0 Å². The number of benzene rings is 1. The quantitative estimate of drug-likeness (QED) is 0.865. The number of para-hydroxylation sites is 1. The van der Waals surface area contributed by atoms with Crippen molar-refractivity contribution in [1.29, 1.82) is 0 Å². The summed E-state index contributed by atoms with van der Waals surface area (Å²) >= 11 is 0. The van der Waals surface area contributed by atoms with Crippen molar-refractivity contribution in [2.75, 3.05) is 18.0 Å². The lowest BCUT2D eigenvalue weighted by Crippen LogP contribution is -2.40. The Morgan fingerprint density at radius 3 is 2.71 bits per heavy atom. The minimum atomic E-state index is 0.645. The molecule has 2 N–H and O–H groups in total. The fourth-order valence-corrected chi connectivity index (χ4v) is 3.17. The second-order valence-electron chi connectivity index (χ2n) is 5.07. The first-order chi connectivity index (χ1) is 8.27. The Labute approximate surface area is 105 Å². The van der Waals surface area contributed by atoms with Crippen LogP contribution in [0, 0.1) is 12.8 Å². The number of anilines is 1. The van der Waals surface area contributed by atoms with Crippen LogP contribution in [0.1, 0.15) is 31.7 Å². The molecule has 2 nitrogen and oxygen atoms in total. The van der Waals surface area contributed by atoms with E-state index in [2.05, 4.69) is 43.0 Å². The zero-order chi connectivity index (χ0) is 12.3. The summed E-state index contributed by atoms with van der Waals surface area (Å²) in [5, 5.41) is 0. The van der Waals surface area contributed by atoms with E-state index in [0.717, 1.165) is 13.1 Å². The van der Waals surface area contributed by atoms with Crippen LogP contribution in [0.5, 0.6) is 0 Å². The van der Waals surface area contributed by atoms with E-state index in [1.165, 1.54) is 30.5 Å². The third-order valence-electron chi connectivity index (χ3n) is 4.09. The van der Waals surface area contributed by atoms with Gasteiger partial charge in [-0.15, -0.1) is 0 Å². The number of hydrogen-bond donors (Lipinski definition) is 1. The van der Waals surface area contributed by atoms with Gasteiger partial charge in [0.2, 0.25) is 0 Å². The van der Waals surface area contributed by atoms with Crippen LogP contribution in [0.15, 0.2) is 24.3 Å². The molecule has 94 valence electrons. The Balaban J connectivity index is 2.24. The van der Waals surface area contributed by atoms with E-state index in [0.29, 0.717) is 12.0 Å². The van der Waals surface area contributed by atoms with Gasteiger partial charge in [-0.3, -0.25) is 0 Å². The maximum Gasteiger partial charge on any atom is 0.0398 e. The molecule has 0 radical (unpaired) electrons. The molecule has 0 heterocycles. The average Bonchev–Trinajstić information content (AvgIpc) is 2.81. The number of nitrogens with two attached hydrogens (primary N) is 1. The molecule has 0 spiro atoms. The predicted molar refractivity (Wildman–Crippen MR) is 74.4 cm³/mol. The Morgan fingerprint density at radius 1 is 1.29 bits per heavy atom. The van der Waals surface area contributed by atoms with E-state index in [1.54, 1.807) is 0 Å². The van der Waals surface area contributed by atoms with Gasteiger partial charge in [0.1, 0.15) is 0 Å². The van der Waals surface area contributed by atoms with Crippen molar-refractivity contribution in [2.45, 2.75) is 39.2 Å². The van der Waals surface area contributed by atoms with Gasteiger partial charge >= 0.3 is 0 Å². The summed E-state index contributed by atoms with van der Waals surface area (Å²) in [6, 6.07) is 9.33. The maximum atomic E-state index is 5.91. The van der Waals surface area contributed by atoms with Crippen molar-refractivity contribution in [3.05, 3.63) is 29.8 Å².